The Labute approximate surface area is 161 Å². The van der Waals surface area contributed by atoms with Crippen LogP contribution in [-0.4, -0.2) is 53.6 Å². The number of likely N-dealkylation sites (tertiary alicyclic amines) is 1. The van der Waals surface area contributed by atoms with E-state index in [0.717, 1.165) is 5.56 Å². The summed E-state index contributed by atoms with van der Waals surface area (Å²) in [6.07, 6.45) is 2.31. The van der Waals surface area contributed by atoms with Gasteiger partial charge in [0.05, 0.1) is 17.6 Å². The molecule has 3 aliphatic rings. The predicted molar refractivity (Wildman–Crippen MR) is 97.5 cm³/mol. The van der Waals surface area contributed by atoms with Crippen LogP contribution in [0.1, 0.15) is 41.6 Å². The Hall–Kier alpha value is -2.48. The van der Waals surface area contributed by atoms with Gasteiger partial charge in [-0.2, -0.15) is 0 Å². The van der Waals surface area contributed by atoms with Crippen LogP contribution in [0.3, 0.4) is 0 Å². The topological polar surface area (TPSA) is 95.9 Å². The van der Waals surface area contributed by atoms with E-state index in [1.165, 1.54) is 6.07 Å². The Morgan fingerprint density at radius 1 is 1.18 bits per heavy atom. The Morgan fingerprint density at radius 2 is 1.93 bits per heavy atom. The van der Waals surface area contributed by atoms with Gasteiger partial charge in [0, 0.05) is 31.8 Å². The van der Waals surface area contributed by atoms with Gasteiger partial charge in [-0.3, -0.25) is 14.4 Å². The maximum atomic E-state index is 14.5. The molecule has 2 saturated heterocycles. The second-order valence-electron chi connectivity index (χ2n) is 7.74. The number of ether oxygens (including phenoxy) is 1. The van der Waals surface area contributed by atoms with Gasteiger partial charge in [-0.05, 0) is 49.3 Å². The van der Waals surface area contributed by atoms with Gasteiger partial charge in [0.15, 0.2) is 0 Å². The third kappa shape index (κ3) is 3.48. The number of carboxylic acids is 1. The van der Waals surface area contributed by atoms with Crippen molar-refractivity contribution in [2.75, 3.05) is 25.0 Å². The Bertz CT molecular complexity index is 819. The largest absolute Gasteiger partial charge is 0.481 e. The smallest absolute Gasteiger partial charge is 0.309 e. The van der Waals surface area contributed by atoms with E-state index in [1.807, 2.05) is 0 Å². The summed E-state index contributed by atoms with van der Waals surface area (Å²) < 4.78 is 20.1. The lowest BCUT2D eigenvalue weighted by molar-refractivity contribution is -0.145. The van der Waals surface area contributed by atoms with Gasteiger partial charge in [-0.25, -0.2) is 4.39 Å². The molecule has 2 N–H and O–H groups in total. The number of amides is 2. The summed E-state index contributed by atoms with van der Waals surface area (Å²) in [5, 5.41) is 12.0. The standard InChI is InChI=1S/C20H23FN2O5/c21-15-10-16-12(1-2-17(24)22-16)9-14(15)19(25)23-6-3-11(4-7-23)18-13(20(26)27)5-8-28-18/h9-11,13,18H,1-8H2,(H,22,24)(H,26,27)/t13?,18-/m0/s1. The van der Waals surface area contributed by atoms with Gasteiger partial charge in [0.25, 0.3) is 5.91 Å². The van der Waals surface area contributed by atoms with Gasteiger partial charge in [0.2, 0.25) is 5.91 Å². The molecule has 3 heterocycles. The molecule has 2 amide bonds. The predicted octanol–water partition coefficient (Wildman–Crippen LogP) is 2.05. The first-order valence-electron chi connectivity index (χ1n) is 9.70. The number of aliphatic carboxylic acids is 1. The summed E-state index contributed by atoms with van der Waals surface area (Å²) >= 11 is 0. The van der Waals surface area contributed by atoms with E-state index in [-0.39, 0.29) is 29.4 Å². The van der Waals surface area contributed by atoms with E-state index >= 15 is 0 Å². The highest BCUT2D eigenvalue weighted by atomic mass is 19.1. The number of carboxylic acid groups (broad SMARTS) is 1. The molecule has 0 aliphatic carbocycles. The molecule has 0 spiro atoms. The number of carbonyl (C=O) groups is 3. The van der Waals surface area contributed by atoms with Crippen molar-refractivity contribution < 1.29 is 28.6 Å². The van der Waals surface area contributed by atoms with Crippen molar-refractivity contribution in [2.24, 2.45) is 11.8 Å². The monoisotopic (exact) mass is 390 g/mol. The van der Waals surface area contributed by atoms with Crippen LogP contribution in [-0.2, 0) is 20.7 Å². The van der Waals surface area contributed by atoms with Crippen molar-refractivity contribution in [3.8, 4) is 0 Å². The van der Waals surface area contributed by atoms with Crippen molar-refractivity contribution in [1.82, 2.24) is 4.90 Å². The minimum absolute atomic E-state index is 0.0221. The summed E-state index contributed by atoms with van der Waals surface area (Å²) in [6, 6.07) is 2.76. The zero-order chi connectivity index (χ0) is 19.8. The van der Waals surface area contributed by atoms with Gasteiger partial charge >= 0.3 is 5.97 Å². The van der Waals surface area contributed by atoms with Crippen molar-refractivity contribution in [2.45, 2.75) is 38.2 Å². The molecule has 3 aliphatic heterocycles. The van der Waals surface area contributed by atoms with Crippen LogP contribution in [0.25, 0.3) is 0 Å². The molecular formula is C20H23FN2O5. The summed E-state index contributed by atoms with van der Waals surface area (Å²) in [5.74, 6) is -2.38. The first kappa shape index (κ1) is 18.9. The van der Waals surface area contributed by atoms with Crippen LogP contribution in [0.2, 0.25) is 0 Å². The van der Waals surface area contributed by atoms with E-state index in [9.17, 15) is 23.9 Å². The van der Waals surface area contributed by atoms with E-state index < -0.39 is 17.7 Å². The zero-order valence-corrected chi connectivity index (χ0v) is 15.4. The van der Waals surface area contributed by atoms with Gasteiger partial charge in [0.1, 0.15) is 5.82 Å². The normalized spacial score (nSPS) is 25.3. The lowest BCUT2D eigenvalue weighted by Gasteiger charge is -2.35. The van der Waals surface area contributed by atoms with Crippen LogP contribution < -0.4 is 5.32 Å². The number of rotatable bonds is 3. The van der Waals surface area contributed by atoms with E-state index in [0.29, 0.717) is 57.5 Å². The fourth-order valence-corrected chi connectivity index (χ4v) is 4.51. The lowest BCUT2D eigenvalue weighted by Crippen LogP contribution is -2.43. The van der Waals surface area contributed by atoms with Crippen molar-refractivity contribution in [3.05, 3.63) is 29.1 Å². The quantitative estimate of drug-likeness (QED) is 0.824. The maximum absolute atomic E-state index is 14.5. The molecule has 1 unspecified atom stereocenters. The van der Waals surface area contributed by atoms with Crippen LogP contribution in [0.4, 0.5) is 10.1 Å². The maximum Gasteiger partial charge on any atom is 0.309 e. The second kappa shape index (κ2) is 7.50. The van der Waals surface area contributed by atoms with Crippen LogP contribution in [0.15, 0.2) is 12.1 Å². The number of benzene rings is 1. The molecule has 1 aromatic carbocycles. The lowest BCUT2D eigenvalue weighted by atomic mass is 9.84. The molecule has 0 saturated carbocycles. The van der Waals surface area contributed by atoms with Gasteiger partial charge in [-0.15, -0.1) is 0 Å². The number of fused-ring (bicyclic) bond motifs is 1. The molecule has 0 radical (unpaired) electrons. The second-order valence-corrected chi connectivity index (χ2v) is 7.74. The summed E-state index contributed by atoms with van der Waals surface area (Å²) in [5.41, 5.74) is 1.22. The van der Waals surface area contributed by atoms with Gasteiger partial charge < -0.3 is 20.1 Å². The molecule has 0 bridgehead atoms. The molecule has 0 aromatic heterocycles. The summed E-state index contributed by atoms with van der Waals surface area (Å²) in [6.45, 7) is 1.35. The van der Waals surface area contributed by atoms with Crippen molar-refractivity contribution in [1.29, 1.82) is 0 Å². The Kier molecular flexibility index (Phi) is 5.05. The molecule has 7 nitrogen and oxygen atoms in total. The SMILES string of the molecule is O=C1CCc2cc(C(=O)N3CCC([C@@H]4OCCC4C(=O)O)CC3)c(F)cc2N1. The average Bonchev–Trinajstić information content (AvgIpc) is 3.17. The highest BCUT2D eigenvalue weighted by Crippen LogP contribution is 2.34. The van der Waals surface area contributed by atoms with Crippen molar-refractivity contribution >= 4 is 23.5 Å². The number of halogens is 1. The minimum atomic E-state index is -0.829. The van der Waals surface area contributed by atoms with Crippen LogP contribution >= 0.6 is 0 Å². The summed E-state index contributed by atoms with van der Waals surface area (Å²) in [7, 11) is 0. The highest BCUT2D eigenvalue weighted by Gasteiger charge is 2.41. The van der Waals surface area contributed by atoms with E-state index in [2.05, 4.69) is 5.32 Å². The number of carbonyl (C=O) groups excluding carboxylic acids is 2. The Morgan fingerprint density at radius 3 is 2.64 bits per heavy atom. The molecule has 8 heteroatoms. The zero-order valence-electron chi connectivity index (χ0n) is 15.4. The van der Waals surface area contributed by atoms with E-state index in [4.69, 9.17) is 4.74 Å². The van der Waals surface area contributed by atoms with Gasteiger partial charge in [-0.1, -0.05) is 0 Å². The minimum Gasteiger partial charge on any atom is -0.481 e. The molecule has 2 fully saturated rings. The number of nitrogens with zero attached hydrogens (tertiary/aromatic N) is 1. The molecule has 4 rings (SSSR count). The highest BCUT2D eigenvalue weighted by molar-refractivity contribution is 5.98. The van der Waals surface area contributed by atoms with Crippen molar-refractivity contribution in [3.63, 3.8) is 0 Å². The number of piperidine rings is 1. The number of anilines is 1. The third-order valence-corrected chi connectivity index (χ3v) is 6.06. The molecule has 2 atom stereocenters. The fourth-order valence-electron chi connectivity index (χ4n) is 4.51. The van der Waals surface area contributed by atoms with Crippen LogP contribution in [0, 0.1) is 17.7 Å². The molecular weight excluding hydrogens is 367 g/mol. The molecule has 28 heavy (non-hydrogen) atoms. The van der Waals surface area contributed by atoms with Crippen LogP contribution in [0.5, 0.6) is 0 Å². The number of hydrogen-bond acceptors (Lipinski definition) is 4. The summed E-state index contributed by atoms with van der Waals surface area (Å²) in [4.78, 5) is 37.3. The van der Waals surface area contributed by atoms with E-state index in [1.54, 1.807) is 11.0 Å². The average molecular weight is 390 g/mol. The number of aryl methyl sites for hydroxylation is 1. The first-order chi connectivity index (χ1) is 13.4. The first-order valence-corrected chi connectivity index (χ1v) is 9.70. The number of nitrogens with one attached hydrogen (secondary N) is 1. The molecule has 150 valence electrons. The number of hydrogen-bond donors (Lipinski definition) is 2. The Balaban J connectivity index is 1.43. The fraction of sp³-hybridized carbons (Fsp3) is 0.550. The molecule has 1 aromatic rings. The third-order valence-electron chi connectivity index (χ3n) is 6.06.